The van der Waals surface area contributed by atoms with Crippen LogP contribution in [0.25, 0.3) is 0 Å². The predicted octanol–water partition coefficient (Wildman–Crippen LogP) is 2.02. The third-order valence-electron chi connectivity index (χ3n) is 3.33. The summed E-state index contributed by atoms with van der Waals surface area (Å²) >= 11 is 0. The van der Waals surface area contributed by atoms with Gasteiger partial charge in [-0.05, 0) is 31.0 Å². The zero-order valence-electron chi connectivity index (χ0n) is 13.6. The van der Waals surface area contributed by atoms with Gasteiger partial charge in [-0.15, -0.1) is 0 Å². The van der Waals surface area contributed by atoms with Crippen LogP contribution < -0.4 is 14.8 Å². The van der Waals surface area contributed by atoms with Gasteiger partial charge in [-0.25, -0.2) is 4.79 Å². The minimum atomic E-state index is -0.464. The molecule has 22 heavy (non-hydrogen) atoms. The third kappa shape index (κ3) is 4.95. The Morgan fingerprint density at radius 1 is 1.14 bits per heavy atom. The molecule has 1 aromatic carbocycles. The molecule has 1 aromatic rings. The summed E-state index contributed by atoms with van der Waals surface area (Å²) in [5.74, 6) is 0.432. The van der Waals surface area contributed by atoms with Gasteiger partial charge in [-0.1, -0.05) is 13.8 Å². The van der Waals surface area contributed by atoms with Crippen LogP contribution in [0.5, 0.6) is 11.5 Å². The van der Waals surface area contributed by atoms with Crippen molar-refractivity contribution in [3.05, 3.63) is 23.8 Å². The maximum atomic E-state index is 11.8. The maximum absolute atomic E-state index is 11.8. The average Bonchev–Trinajstić information content (AvgIpc) is 2.51. The minimum Gasteiger partial charge on any atom is -0.493 e. The summed E-state index contributed by atoms with van der Waals surface area (Å²) in [5.41, 5.74) is 0.351. The van der Waals surface area contributed by atoms with Gasteiger partial charge in [-0.2, -0.15) is 0 Å². The van der Waals surface area contributed by atoms with Gasteiger partial charge in [0.15, 0.2) is 18.1 Å². The van der Waals surface area contributed by atoms with Crippen molar-refractivity contribution in [2.24, 2.45) is 5.92 Å². The Labute approximate surface area is 130 Å². The number of amides is 1. The topological polar surface area (TPSA) is 73.9 Å². The Bertz CT molecular complexity index is 527. The summed E-state index contributed by atoms with van der Waals surface area (Å²) in [5, 5.41) is 2.85. The first-order valence-corrected chi connectivity index (χ1v) is 7.07. The molecule has 0 aromatic heterocycles. The molecule has 0 heterocycles. The molecule has 0 aliphatic rings. The molecule has 1 rings (SSSR count). The Hall–Kier alpha value is -2.24. The molecular weight excluding hydrogens is 286 g/mol. The van der Waals surface area contributed by atoms with E-state index in [1.54, 1.807) is 12.1 Å². The van der Waals surface area contributed by atoms with E-state index in [0.717, 1.165) is 0 Å². The van der Waals surface area contributed by atoms with Crippen LogP contribution in [-0.2, 0) is 9.53 Å². The van der Waals surface area contributed by atoms with E-state index >= 15 is 0 Å². The second-order valence-electron chi connectivity index (χ2n) is 5.25. The molecule has 1 atom stereocenters. The monoisotopic (exact) mass is 309 g/mol. The lowest BCUT2D eigenvalue weighted by atomic mass is 10.1. The summed E-state index contributed by atoms with van der Waals surface area (Å²) in [7, 11) is 2.77. The van der Waals surface area contributed by atoms with Gasteiger partial charge in [0.1, 0.15) is 0 Å². The molecule has 1 amide bonds. The fourth-order valence-electron chi connectivity index (χ4n) is 1.64. The minimum absolute atomic E-state index is 0.0692. The Kier molecular flexibility index (Phi) is 6.69. The fraction of sp³-hybridized carbons (Fsp3) is 0.500. The highest BCUT2D eigenvalue weighted by molar-refractivity contribution is 5.90. The summed E-state index contributed by atoms with van der Waals surface area (Å²) in [6.07, 6.45) is 0. The van der Waals surface area contributed by atoms with Crippen LogP contribution in [0.15, 0.2) is 18.2 Å². The van der Waals surface area contributed by atoms with Gasteiger partial charge in [0.25, 0.3) is 5.91 Å². The standard InChI is InChI=1S/C16H23NO5/c1-10(2)11(3)17-15(18)9-22-13-7-6-12(16(19)21-5)8-14(13)20-4/h6-8,10-11H,9H2,1-5H3,(H,17,18). The lowest BCUT2D eigenvalue weighted by Gasteiger charge is -2.18. The third-order valence-corrected chi connectivity index (χ3v) is 3.33. The van der Waals surface area contributed by atoms with Crippen molar-refractivity contribution in [1.82, 2.24) is 5.32 Å². The molecule has 0 saturated heterocycles. The van der Waals surface area contributed by atoms with Crippen molar-refractivity contribution >= 4 is 11.9 Å². The normalized spacial score (nSPS) is 11.7. The number of hydrogen-bond donors (Lipinski definition) is 1. The van der Waals surface area contributed by atoms with Gasteiger partial charge in [0.05, 0.1) is 19.8 Å². The zero-order chi connectivity index (χ0) is 16.7. The van der Waals surface area contributed by atoms with Crippen molar-refractivity contribution < 1.29 is 23.8 Å². The highest BCUT2D eigenvalue weighted by Gasteiger charge is 2.14. The quantitative estimate of drug-likeness (QED) is 0.780. The number of nitrogens with one attached hydrogen (secondary N) is 1. The first kappa shape index (κ1) is 17.8. The first-order valence-electron chi connectivity index (χ1n) is 7.07. The van der Waals surface area contributed by atoms with E-state index in [2.05, 4.69) is 10.1 Å². The maximum Gasteiger partial charge on any atom is 0.337 e. The van der Waals surface area contributed by atoms with E-state index in [-0.39, 0.29) is 18.6 Å². The SMILES string of the molecule is COC(=O)c1ccc(OCC(=O)NC(C)C(C)C)c(OC)c1. The number of carbonyl (C=O) groups is 2. The summed E-state index contributed by atoms with van der Waals surface area (Å²) in [6, 6.07) is 4.71. The van der Waals surface area contributed by atoms with Crippen LogP contribution in [0.3, 0.4) is 0 Å². The van der Waals surface area contributed by atoms with Gasteiger partial charge >= 0.3 is 5.97 Å². The molecule has 0 saturated carbocycles. The molecule has 1 unspecified atom stereocenters. The van der Waals surface area contributed by atoms with Crippen LogP contribution >= 0.6 is 0 Å². The molecule has 122 valence electrons. The van der Waals surface area contributed by atoms with E-state index in [1.165, 1.54) is 20.3 Å². The Balaban J connectivity index is 2.69. The van der Waals surface area contributed by atoms with Crippen molar-refractivity contribution in [3.63, 3.8) is 0 Å². The highest BCUT2D eigenvalue weighted by atomic mass is 16.5. The second-order valence-corrected chi connectivity index (χ2v) is 5.25. The zero-order valence-corrected chi connectivity index (χ0v) is 13.6. The molecule has 0 aliphatic heterocycles. The molecule has 1 N–H and O–H groups in total. The molecule has 0 radical (unpaired) electrons. The van der Waals surface area contributed by atoms with Crippen molar-refractivity contribution in [3.8, 4) is 11.5 Å². The average molecular weight is 309 g/mol. The Morgan fingerprint density at radius 3 is 2.36 bits per heavy atom. The van der Waals surface area contributed by atoms with Crippen LogP contribution in [-0.4, -0.2) is 38.7 Å². The van der Waals surface area contributed by atoms with Crippen LogP contribution in [0, 0.1) is 5.92 Å². The number of benzene rings is 1. The van der Waals surface area contributed by atoms with Crippen LogP contribution in [0.2, 0.25) is 0 Å². The smallest absolute Gasteiger partial charge is 0.337 e. The van der Waals surface area contributed by atoms with Gasteiger partial charge in [-0.3, -0.25) is 4.79 Å². The van der Waals surface area contributed by atoms with E-state index in [0.29, 0.717) is 23.0 Å². The number of rotatable bonds is 7. The fourth-order valence-corrected chi connectivity index (χ4v) is 1.64. The Morgan fingerprint density at radius 2 is 1.82 bits per heavy atom. The second kappa shape index (κ2) is 8.26. The first-order chi connectivity index (χ1) is 10.4. The molecule has 0 fully saturated rings. The van der Waals surface area contributed by atoms with E-state index in [9.17, 15) is 9.59 Å². The summed E-state index contributed by atoms with van der Waals surface area (Å²) in [6.45, 7) is 5.88. The molecule has 6 heteroatoms. The van der Waals surface area contributed by atoms with E-state index in [4.69, 9.17) is 9.47 Å². The number of esters is 1. The van der Waals surface area contributed by atoms with Gasteiger partial charge in [0, 0.05) is 6.04 Å². The van der Waals surface area contributed by atoms with Crippen molar-refractivity contribution in [1.29, 1.82) is 0 Å². The number of carbonyl (C=O) groups excluding carboxylic acids is 2. The molecule has 6 nitrogen and oxygen atoms in total. The molecular formula is C16H23NO5. The van der Waals surface area contributed by atoms with E-state index in [1.807, 2.05) is 20.8 Å². The molecule has 0 aliphatic carbocycles. The molecule has 0 bridgehead atoms. The predicted molar refractivity (Wildman–Crippen MR) is 82.3 cm³/mol. The lowest BCUT2D eigenvalue weighted by molar-refractivity contribution is -0.124. The summed E-state index contributed by atoms with van der Waals surface area (Å²) < 4.78 is 15.3. The van der Waals surface area contributed by atoms with Crippen molar-refractivity contribution in [2.75, 3.05) is 20.8 Å². The van der Waals surface area contributed by atoms with Crippen molar-refractivity contribution in [2.45, 2.75) is 26.8 Å². The highest BCUT2D eigenvalue weighted by Crippen LogP contribution is 2.28. The number of methoxy groups -OCH3 is 2. The number of hydrogen-bond acceptors (Lipinski definition) is 5. The van der Waals surface area contributed by atoms with E-state index < -0.39 is 5.97 Å². The van der Waals surface area contributed by atoms with Gasteiger partial charge in [0.2, 0.25) is 0 Å². The summed E-state index contributed by atoms with van der Waals surface area (Å²) in [4.78, 5) is 23.3. The lowest BCUT2D eigenvalue weighted by Crippen LogP contribution is -2.38. The van der Waals surface area contributed by atoms with Crippen LogP contribution in [0.1, 0.15) is 31.1 Å². The molecule has 0 spiro atoms. The number of ether oxygens (including phenoxy) is 3. The van der Waals surface area contributed by atoms with Gasteiger partial charge < -0.3 is 19.5 Å². The largest absolute Gasteiger partial charge is 0.493 e. The van der Waals surface area contributed by atoms with Crippen LogP contribution in [0.4, 0.5) is 0 Å².